The van der Waals surface area contributed by atoms with Crippen molar-refractivity contribution in [3.63, 3.8) is 0 Å². The third-order valence-electron chi connectivity index (χ3n) is 5.75. The van der Waals surface area contributed by atoms with Crippen LogP contribution in [-0.2, 0) is 6.54 Å². The number of aliphatic hydroxyl groups is 1. The molecule has 1 aliphatic rings. The number of allylic oxidation sites excluding steroid dienone is 4. The third-order valence-corrected chi connectivity index (χ3v) is 5.75. The Kier molecular flexibility index (Phi) is 6.69. The summed E-state index contributed by atoms with van der Waals surface area (Å²) >= 11 is 0. The highest BCUT2D eigenvalue weighted by atomic mass is 19.1. The second-order valence-corrected chi connectivity index (χ2v) is 7.76. The van der Waals surface area contributed by atoms with Crippen molar-refractivity contribution in [3.8, 4) is 11.8 Å². The zero-order valence-corrected chi connectivity index (χ0v) is 17.9. The molecule has 2 aromatic carbocycles. The number of benzene rings is 2. The molecule has 0 aliphatic heterocycles. The van der Waals surface area contributed by atoms with Crippen LogP contribution in [0.4, 0.5) is 4.39 Å². The molecule has 1 unspecified atom stereocenters. The minimum atomic E-state index is -0.199. The zero-order chi connectivity index (χ0) is 22.5. The lowest BCUT2D eigenvalue weighted by molar-refractivity contribution is 0.291. The van der Waals surface area contributed by atoms with Crippen molar-refractivity contribution in [3.05, 3.63) is 82.9 Å². The molecule has 164 valence electrons. The van der Waals surface area contributed by atoms with Gasteiger partial charge in [0, 0.05) is 41.6 Å². The summed E-state index contributed by atoms with van der Waals surface area (Å²) in [5.74, 6) is 1.04. The van der Waals surface area contributed by atoms with Crippen LogP contribution in [0.2, 0.25) is 0 Å². The van der Waals surface area contributed by atoms with Gasteiger partial charge in [-0.1, -0.05) is 35.9 Å². The van der Waals surface area contributed by atoms with Gasteiger partial charge in [0.15, 0.2) is 6.61 Å². The number of halogens is 1. The monoisotopic (exact) mass is 432 g/mol. The Labute approximate surface area is 186 Å². The predicted octanol–water partition coefficient (Wildman–Crippen LogP) is 5.07. The Hall–Kier alpha value is -3.40. The van der Waals surface area contributed by atoms with Crippen LogP contribution in [0.1, 0.15) is 36.1 Å². The van der Waals surface area contributed by atoms with E-state index in [-0.39, 0.29) is 24.9 Å². The molecule has 3 aromatic rings. The van der Waals surface area contributed by atoms with Crippen molar-refractivity contribution < 1.29 is 18.7 Å². The summed E-state index contributed by atoms with van der Waals surface area (Å²) in [5.41, 5.74) is 4.22. The Balaban J connectivity index is 1.72. The average molecular weight is 432 g/mol. The minimum Gasteiger partial charge on any atom is -0.478 e. The number of furan rings is 1. The van der Waals surface area contributed by atoms with Gasteiger partial charge in [0.25, 0.3) is 0 Å². The van der Waals surface area contributed by atoms with Gasteiger partial charge in [0.2, 0.25) is 0 Å². The van der Waals surface area contributed by atoms with Gasteiger partial charge < -0.3 is 19.6 Å². The Morgan fingerprint density at radius 2 is 2.12 bits per heavy atom. The fourth-order valence-corrected chi connectivity index (χ4v) is 4.15. The van der Waals surface area contributed by atoms with Gasteiger partial charge in [-0.3, -0.25) is 0 Å². The highest BCUT2D eigenvalue weighted by Crippen LogP contribution is 2.40. The molecule has 4 rings (SSSR count). The molecule has 1 heterocycles. The zero-order valence-electron chi connectivity index (χ0n) is 17.9. The lowest BCUT2D eigenvalue weighted by Gasteiger charge is -2.23. The molecule has 0 spiro atoms. The lowest BCUT2D eigenvalue weighted by atomic mass is 9.82. The summed E-state index contributed by atoms with van der Waals surface area (Å²) in [6.45, 7) is 2.95. The van der Waals surface area contributed by atoms with Crippen molar-refractivity contribution in [1.82, 2.24) is 5.32 Å². The van der Waals surface area contributed by atoms with Crippen LogP contribution in [0.25, 0.3) is 16.5 Å². The summed E-state index contributed by atoms with van der Waals surface area (Å²) in [6, 6.07) is 14.6. The fraction of sp³-hybridized carbons (Fsp3) is 0.269. The van der Waals surface area contributed by atoms with Crippen LogP contribution >= 0.6 is 0 Å². The van der Waals surface area contributed by atoms with E-state index < -0.39 is 0 Å². The molecule has 1 atom stereocenters. The fourth-order valence-electron chi connectivity index (χ4n) is 4.15. The van der Waals surface area contributed by atoms with Crippen LogP contribution in [0, 0.1) is 17.1 Å². The van der Waals surface area contributed by atoms with E-state index in [9.17, 15) is 4.39 Å². The van der Waals surface area contributed by atoms with Gasteiger partial charge in [-0.2, -0.15) is 5.26 Å². The largest absolute Gasteiger partial charge is 0.478 e. The molecule has 0 radical (unpaired) electrons. The van der Waals surface area contributed by atoms with E-state index >= 15 is 0 Å². The van der Waals surface area contributed by atoms with E-state index in [2.05, 4.69) is 11.4 Å². The van der Waals surface area contributed by atoms with Gasteiger partial charge in [-0.25, -0.2) is 4.39 Å². The number of ether oxygens (including phenoxy) is 1. The first-order valence-corrected chi connectivity index (χ1v) is 10.6. The molecule has 0 bridgehead atoms. The molecule has 0 fully saturated rings. The topological polar surface area (TPSA) is 78.4 Å². The first-order chi connectivity index (χ1) is 15.6. The molecule has 1 aliphatic carbocycles. The van der Waals surface area contributed by atoms with Gasteiger partial charge >= 0.3 is 0 Å². The SMILES string of the molecule is CC1=C(c2cc3cc(CNCCO)c(OCC#N)cc3o2)C=CCC1c1ccccc1F. The maximum absolute atomic E-state index is 14.4. The van der Waals surface area contributed by atoms with E-state index in [4.69, 9.17) is 19.5 Å². The quantitative estimate of drug-likeness (QED) is 0.486. The van der Waals surface area contributed by atoms with E-state index in [1.165, 1.54) is 6.07 Å². The molecule has 6 heteroatoms. The van der Waals surface area contributed by atoms with Crippen molar-refractivity contribution in [2.75, 3.05) is 19.8 Å². The first kappa shape index (κ1) is 21.8. The molecule has 2 N–H and O–H groups in total. The number of hydrogen-bond acceptors (Lipinski definition) is 5. The van der Waals surface area contributed by atoms with Crippen LogP contribution in [-0.4, -0.2) is 24.9 Å². The molecule has 5 nitrogen and oxygen atoms in total. The van der Waals surface area contributed by atoms with E-state index in [1.807, 2.05) is 43.3 Å². The van der Waals surface area contributed by atoms with Crippen LogP contribution in [0.3, 0.4) is 0 Å². The smallest absolute Gasteiger partial charge is 0.174 e. The summed E-state index contributed by atoms with van der Waals surface area (Å²) in [6.07, 6.45) is 4.82. The van der Waals surface area contributed by atoms with Crippen molar-refractivity contribution >= 4 is 16.5 Å². The number of aliphatic hydroxyl groups excluding tert-OH is 1. The second-order valence-electron chi connectivity index (χ2n) is 7.76. The van der Waals surface area contributed by atoms with E-state index in [0.29, 0.717) is 35.7 Å². The summed E-state index contributed by atoms with van der Waals surface area (Å²) < 4.78 is 26.2. The van der Waals surface area contributed by atoms with E-state index in [0.717, 1.165) is 28.5 Å². The second kappa shape index (κ2) is 9.82. The first-order valence-electron chi connectivity index (χ1n) is 10.6. The van der Waals surface area contributed by atoms with Gasteiger partial charge in [-0.15, -0.1) is 0 Å². The number of nitrogens with one attached hydrogen (secondary N) is 1. The molecule has 32 heavy (non-hydrogen) atoms. The molecule has 0 saturated heterocycles. The highest BCUT2D eigenvalue weighted by Gasteiger charge is 2.23. The lowest BCUT2D eigenvalue weighted by Crippen LogP contribution is -2.18. The Bertz CT molecular complexity index is 1220. The predicted molar refractivity (Wildman–Crippen MR) is 122 cm³/mol. The van der Waals surface area contributed by atoms with Gasteiger partial charge in [0.05, 0.1) is 6.61 Å². The summed E-state index contributed by atoms with van der Waals surface area (Å²) in [7, 11) is 0. The van der Waals surface area contributed by atoms with Crippen LogP contribution < -0.4 is 10.1 Å². The summed E-state index contributed by atoms with van der Waals surface area (Å²) in [4.78, 5) is 0. The van der Waals surface area contributed by atoms with Crippen molar-refractivity contribution in [1.29, 1.82) is 5.26 Å². The van der Waals surface area contributed by atoms with Crippen molar-refractivity contribution in [2.45, 2.75) is 25.8 Å². The number of nitriles is 1. The molecular weight excluding hydrogens is 407 g/mol. The van der Waals surface area contributed by atoms with Gasteiger partial charge in [0.1, 0.15) is 29.0 Å². The normalized spacial score (nSPS) is 15.9. The Morgan fingerprint density at radius 3 is 2.91 bits per heavy atom. The van der Waals surface area contributed by atoms with Gasteiger partial charge in [-0.05, 0) is 37.1 Å². The van der Waals surface area contributed by atoms with Crippen LogP contribution in [0.5, 0.6) is 5.75 Å². The van der Waals surface area contributed by atoms with Crippen LogP contribution in [0.15, 0.2) is 64.6 Å². The van der Waals surface area contributed by atoms with E-state index in [1.54, 1.807) is 12.1 Å². The molecule has 1 aromatic heterocycles. The maximum Gasteiger partial charge on any atom is 0.174 e. The third kappa shape index (κ3) is 4.45. The average Bonchev–Trinajstić information content (AvgIpc) is 3.21. The maximum atomic E-state index is 14.4. The Morgan fingerprint density at radius 1 is 1.28 bits per heavy atom. The number of nitrogens with zero attached hydrogens (tertiary/aromatic N) is 1. The summed E-state index contributed by atoms with van der Waals surface area (Å²) in [5, 5.41) is 22.0. The standard InChI is InChI=1S/C26H25FN2O3/c1-17-20(22-5-2-3-8-23(22)27)6-4-7-21(17)26-14-18-13-19(16-29-10-11-30)24(31-12-9-28)15-25(18)32-26/h2-5,7-8,13-15,20,29-30H,6,10-12,16H2,1H3. The number of hydrogen-bond donors (Lipinski definition) is 2. The minimum absolute atomic E-state index is 0.0371. The molecule has 0 amide bonds. The number of fused-ring (bicyclic) bond motifs is 1. The molecule has 0 saturated carbocycles. The highest BCUT2D eigenvalue weighted by molar-refractivity contribution is 5.87. The van der Waals surface area contributed by atoms with Crippen molar-refractivity contribution in [2.24, 2.45) is 0 Å². The number of rotatable bonds is 8. The molecular formula is C26H25FN2O3.